The second-order valence-electron chi connectivity index (χ2n) is 8.78. The van der Waals surface area contributed by atoms with Crippen molar-refractivity contribution in [3.63, 3.8) is 0 Å². The van der Waals surface area contributed by atoms with Gasteiger partial charge in [-0.2, -0.15) is 0 Å². The summed E-state index contributed by atoms with van der Waals surface area (Å²) in [4.78, 5) is 13.2. The van der Waals surface area contributed by atoms with Gasteiger partial charge in [0.05, 0.1) is 19.8 Å². The van der Waals surface area contributed by atoms with E-state index in [4.69, 9.17) is 25.1 Å². The molecule has 0 fully saturated rings. The van der Waals surface area contributed by atoms with Crippen LogP contribution in [0.5, 0.6) is 5.75 Å². The number of hydrogen-bond acceptors (Lipinski definition) is 7. The predicted molar refractivity (Wildman–Crippen MR) is 145 cm³/mol. The van der Waals surface area contributed by atoms with Gasteiger partial charge in [0.2, 0.25) is 5.90 Å². The van der Waals surface area contributed by atoms with Gasteiger partial charge >= 0.3 is 5.97 Å². The summed E-state index contributed by atoms with van der Waals surface area (Å²) in [5.41, 5.74) is 4.02. The van der Waals surface area contributed by atoms with Crippen LogP contribution in [0, 0.1) is 17.7 Å². The molecule has 1 aliphatic rings. The van der Waals surface area contributed by atoms with E-state index in [1.807, 2.05) is 31.2 Å². The Kier molecular flexibility index (Phi) is 10.5. The van der Waals surface area contributed by atoms with Crippen LogP contribution in [0.1, 0.15) is 46.9 Å². The first-order valence-corrected chi connectivity index (χ1v) is 11.9. The van der Waals surface area contributed by atoms with E-state index in [1.165, 1.54) is 48.8 Å². The SMILES string of the molecule is CCN1/C(=C\C=N)C(C)(Cc2ccc(C)o2)c2cc(OC)ccc21.COC(=O)c1ccc(C(=N)O)cc1.[Co]. The molecule has 1 radical (unpaired) electrons. The Morgan fingerprint density at radius 2 is 1.76 bits per heavy atom. The third kappa shape index (κ3) is 6.35. The largest absolute Gasteiger partial charge is 0.497 e. The van der Waals surface area contributed by atoms with Gasteiger partial charge in [-0.1, -0.05) is 0 Å². The van der Waals surface area contributed by atoms with Gasteiger partial charge in [-0.3, -0.25) is 5.41 Å². The van der Waals surface area contributed by atoms with Gasteiger partial charge in [0.25, 0.3) is 0 Å². The number of aliphatic hydroxyl groups is 1. The van der Waals surface area contributed by atoms with Crippen LogP contribution in [0.2, 0.25) is 0 Å². The van der Waals surface area contributed by atoms with Crippen molar-refractivity contribution in [1.82, 2.24) is 0 Å². The van der Waals surface area contributed by atoms with Crippen molar-refractivity contribution in [1.29, 1.82) is 10.8 Å². The van der Waals surface area contributed by atoms with E-state index in [-0.39, 0.29) is 22.2 Å². The van der Waals surface area contributed by atoms with Gasteiger partial charge in [0.15, 0.2) is 0 Å². The van der Waals surface area contributed by atoms with E-state index in [0.717, 1.165) is 35.9 Å². The van der Waals surface area contributed by atoms with Crippen LogP contribution >= 0.6 is 0 Å². The van der Waals surface area contributed by atoms with Crippen LogP contribution < -0.4 is 9.64 Å². The van der Waals surface area contributed by atoms with E-state index < -0.39 is 11.9 Å². The minimum atomic E-state index is -0.517. The molecule has 1 aromatic heterocycles. The number of fused-ring (bicyclic) bond motifs is 1. The summed E-state index contributed by atoms with van der Waals surface area (Å²) < 4.78 is 15.8. The molecule has 3 N–H and O–H groups in total. The van der Waals surface area contributed by atoms with E-state index in [2.05, 4.69) is 35.6 Å². The molecule has 0 bridgehead atoms. The summed E-state index contributed by atoms with van der Waals surface area (Å²) in [6.45, 7) is 7.17. The third-order valence-electron chi connectivity index (χ3n) is 6.41. The molecule has 9 heteroatoms. The molecule has 2 aromatic carbocycles. The maximum Gasteiger partial charge on any atom is 0.337 e. The second-order valence-corrected chi connectivity index (χ2v) is 8.78. The topological polar surface area (TPSA) is 120 Å². The van der Waals surface area contributed by atoms with Crippen LogP contribution in [0.3, 0.4) is 0 Å². The van der Waals surface area contributed by atoms with E-state index >= 15 is 0 Å². The summed E-state index contributed by atoms with van der Waals surface area (Å²) in [6, 6.07) is 16.2. The van der Waals surface area contributed by atoms with Gasteiger partial charge in [0.1, 0.15) is 17.3 Å². The van der Waals surface area contributed by atoms with Crippen molar-refractivity contribution >= 4 is 23.8 Å². The number of nitrogens with zero attached hydrogens (tertiary/aromatic N) is 1. The molecule has 0 saturated heterocycles. The standard InChI is InChI=1S/C20H24N2O2.C9H9NO3.Co/c1-5-22-18-9-8-15(23-4)12-17(18)20(3,19(22)10-11-21)13-16-7-6-14(2)24-16;1-13-9(12)7-4-2-6(3-5-7)8(10)11;/h6-12,21H,5,13H2,1-4H3;2-5H,1H3,(H2,10,11);/b19-10-,21-11?;;. The quantitative estimate of drug-likeness (QED) is 0.190. The van der Waals surface area contributed by atoms with Gasteiger partial charge < -0.3 is 29.3 Å². The summed E-state index contributed by atoms with van der Waals surface area (Å²) in [5, 5.41) is 23.3. The average molecular weight is 563 g/mol. The molecule has 4 rings (SSSR count). The Labute approximate surface area is 233 Å². The number of allylic oxidation sites excluding steroid dienone is 2. The van der Waals surface area contributed by atoms with Crippen molar-refractivity contribution in [2.24, 2.45) is 0 Å². The Bertz CT molecular complexity index is 1320. The first-order chi connectivity index (χ1) is 17.7. The fraction of sp³-hybridized carbons (Fsp3) is 0.276. The van der Waals surface area contributed by atoms with Crippen molar-refractivity contribution in [2.75, 3.05) is 25.7 Å². The summed E-state index contributed by atoms with van der Waals surface area (Å²) >= 11 is 0. The van der Waals surface area contributed by atoms with E-state index in [0.29, 0.717) is 11.1 Å². The minimum absolute atomic E-state index is 0. The minimum Gasteiger partial charge on any atom is -0.497 e. The van der Waals surface area contributed by atoms with Gasteiger partial charge in [-0.25, -0.2) is 4.79 Å². The zero-order valence-corrected chi connectivity index (χ0v) is 23.2. The number of furan rings is 1. The molecule has 0 amide bonds. The zero-order chi connectivity index (χ0) is 27.2. The summed E-state index contributed by atoms with van der Waals surface area (Å²) in [5.74, 6) is 1.77. The number of hydrogen-bond donors (Lipinski definition) is 3. The second kappa shape index (κ2) is 13.1. The molecular weight excluding hydrogens is 529 g/mol. The summed E-state index contributed by atoms with van der Waals surface area (Å²) in [7, 11) is 2.99. The normalized spacial score (nSPS) is 16.6. The molecular formula is C29H33CoN3O5. The van der Waals surface area contributed by atoms with Crippen LogP contribution in [0.15, 0.2) is 70.8 Å². The van der Waals surface area contributed by atoms with Crippen molar-refractivity contribution in [3.05, 3.63) is 94.6 Å². The van der Waals surface area contributed by atoms with Gasteiger partial charge in [-0.05, 0) is 87.0 Å². The van der Waals surface area contributed by atoms with Crippen molar-refractivity contribution < 1.29 is 40.6 Å². The van der Waals surface area contributed by atoms with Crippen LogP contribution in [-0.2, 0) is 33.4 Å². The van der Waals surface area contributed by atoms with Crippen LogP contribution in [-0.4, -0.2) is 44.0 Å². The fourth-order valence-electron chi connectivity index (χ4n) is 4.57. The molecule has 0 aliphatic carbocycles. The third-order valence-corrected chi connectivity index (χ3v) is 6.41. The van der Waals surface area contributed by atoms with Gasteiger partial charge in [-0.15, -0.1) is 0 Å². The molecule has 3 aromatic rings. The first-order valence-electron chi connectivity index (χ1n) is 11.9. The summed E-state index contributed by atoms with van der Waals surface area (Å²) in [6.07, 6.45) is 4.01. The molecule has 0 saturated carbocycles. The zero-order valence-electron chi connectivity index (χ0n) is 22.1. The van der Waals surface area contributed by atoms with E-state index in [1.54, 1.807) is 7.11 Å². The van der Waals surface area contributed by atoms with E-state index in [9.17, 15) is 4.79 Å². The van der Waals surface area contributed by atoms with Crippen LogP contribution in [0.25, 0.3) is 0 Å². The number of carbonyl (C=O) groups is 1. The maximum absolute atomic E-state index is 11.0. The molecule has 8 nitrogen and oxygen atoms in total. The number of rotatable bonds is 7. The molecule has 2 heterocycles. The smallest absolute Gasteiger partial charge is 0.337 e. The fourth-order valence-corrected chi connectivity index (χ4v) is 4.57. The molecule has 38 heavy (non-hydrogen) atoms. The van der Waals surface area contributed by atoms with Gasteiger partial charge in [0, 0.05) is 58.3 Å². The number of anilines is 1. The number of esters is 1. The number of nitrogens with one attached hydrogen (secondary N) is 2. The molecule has 1 aliphatic heterocycles. The predicted octanol–water partition coefficient (Wildman–Crippen LogP) is 5.82. The average Bonchev–Trinajstić information content (AvgIpc) is 3.41. The Hall–Kier alpha value is -3.82. The molecule has 1 unspecified atom stereocenters. The number of benzene rings is 2. The number of likely N-dealkylation sites (N-methyl/N-ethyl adjacent to an activating group) is 1. The number of ether oxygens (including phenoxy) is 2. The molecule has 0 spiro atoms. The Morgan fingerprint density at radius 3 is 2.26 bits per heavy atom. The molecule has 1 atom stereocenters. The van der Waals surface area contributed by atoms with Crippen LogP contribution in [0.4, 0.5) is 5.69 Å². The molecule has 203 valence electrons. The number of carbonyl (C=O) groups excluding carboxylic acids is 1. The Morgan fingerprint density at radius 1 is 1.11 bits per heavy atom. The Balaban J connectivity index is 0.000000309. The number of methoxy groups -OCH3 is 2. The maximum atomic E-state index is 11.0. The monoisotopic (exact) mass is 562 g/mol. The first kappa shape index (κ1) is 30.4. The van der Waals surface area contributed by atoms with Crippen molar-refractivity contribution in [2.45, 2.75) is 32.6 Å². The van der Waals surface area contributed by atoms with Crippen molar-refractivity contribution in [3.8, 4) is 5.75 Å². The number of aliphatic hydroxyl groups excluding tert-OH is 1. The number of aryl methyl sites for hydroxylation is 1.